The highest BCUT2D eigenvalue weighted by molar-refractivity contribution is 5.53. The molecule has 0 aliphatic heterocycles. The van der Waals surface area contributed by atoms with Gasteiger partial charge in [0.2, 0.25) is 0 Å². The molecule has 1 aromatic heterocycles. The van der Waals surface area contributed by atoms with Crippen molar-refractivity contribution < 1.29 is 4.79 Å². The van der Waals surface area contributed by atoms with Gasteiger partial charge >= 0.3 is 0 Å². The summed E-state index contributed by atoms with van der Waals surface area (Å²) in [5.74, 6) is 0.0270. The molecule has 82 valence electrons. The van der Waals surface area contributed by atoms with E-state index >= 15 is 0 Å². The van der Waals surface area contributed by atoms with Crippen molar-refractivity contribution in [2.45, 2.75) is 13.3 Å². The summed E-state index contributed by atoms with van der Waals surface area (Å²) in [5.41, 5.74) is 2.09. The van der Waals surface area contributed by atoms with E-state index in [4.69, 9.17) is 0 Å². The van der Waals surface area contributed by atoms with Crippen LogP contribution in [0.4, 0.5) is 0 Å². The molecule has 1 unspecified atom stereocenters. The molecule has 1 aromatic carbocycles. The fraction of sp³-hybridized carbons (Fsp3) is 0.231. The Labute approximate surface area is 94.7 Å². The minimum Gasteiger partial charge on any atom is -0.303 e. The Morgan fingerprint density at radius 3 is 2.75 bits per heavy atom. The summed E-state index contributed by atoms with van der Waals surface area (Å²) >= 11 is 0. The third-order valence-corrected chi connectivity index (χ3v) is 2.49. The smallest absolute Gasteiger partial charge is 0.123 e. The number of nitrogens with zero attached hydrogens (tertiary/aromatic N) is 2. The quantitative estimate of drug-likeness (QED) is 0.732. The zero-order valence-electron chi connectivity index (χ0n) is 9.21. The molecule has 0 amide bonds. The van der Waals surface area contributed by atoms with Crippen molar-refractivity contribution in [3.05, 3.63) is 48.3 Å². The van der Waals surface area contributed by atoms with Crippen molar-refractivity contribution in [1.29, 1.82) is 0 Å². The van der Waals surface area contributed by atoms with E-state index in [-0.39, 0.29) is 5.92 Å². The zero-order chi connectivity index (χ0) is 11.4. The number of para-hydroxylation sites is 1. The van der Waals surface area contributed by atoms with Crippen molar-refractivity contribution >= 4 is 6.29 Å². The second-order valence-electron chi connectivity index (χ2n) is 3.89. The molecule has 2 rings (SSSR count). The van der Waals surface area contributed by atoms with Gasteiger partial charge in [-0.25, -0.2) is 4.68 Å². The Hall–Kier alpha value is -1.90. The van der Waals surface area contributed by atoms with Crippen LogP contribution in [0.1, 0.15) is 12.6 Å². The molecule has 3 heteroatoms. The van der Waals surface area contributed by atoms with E-state index in [1.54, 1.807) is 6.20 Å². The summed E-state index contributed by atoms with van der Waals surface area (Å²) in [6, 6.07) is 11.9. The molecule has 0 saturated heterocycles. The first-order valence-corrected chi connectivity index (χ1v) is 5.35. The third kappa shape index (κ3) is 2.19. The normalized spacial score (nSPS) is 12.3. The lowest BCUT2D eigenvalue weighted by Gasteiger charge is -2.08. The number of hydrogen-bond acceptors (Lipinski definition) is 2. The SMILES string of the molecule is CC(C=O)Cc1ccnn1-c1ccccc1. The maximum atomic E-state index is 10.6. The molecular formula is C13H14N2O. The number of aromatic nitrogens is 2. The average Bonchev–Trinajstić information content (AvgIpc) is 2.78. The molecule has 2 aromatic rings. The van der Waals surface area contributed by atoms with Gasteiger partial charge in [0, 0.05) is 17.8 Å². The standard InChI is InChI=1S/C13H14N2O/c1-11(10-16)9-13-7-8-14-15(13)12-5-3-2-4-6-12/h2-8,10-11H,9H2,1H3. The molecular weight excluding hydrogens is 200 g/mol. The third-order valence-electron chi connectivity index (χ3n) is 2.49. The molecule has 0 aliphatic carbocycles. The second-order valence-corrected chi connectivity index (χ2v) is 3.89. The van der Waals surface area contributed by atoms with Crippen LogP contribution in [0.15, 0.2) is 42.6 Å². The van der Waals surface area contributed by atoms with E-state index in [1.165, 1.54) is 0 Å². The molecule has 0 radical (unpaired) electrons. The van der Waals surface area contributed by atoms with E-state index in [9.17, 15) is 4.79 Å². The summed E-state index contributed by atoms with van der Waals surface area (Å²) in [6.45, 7) is 1.91. The van der Waals surface area contributed by atoms with Gasteiger partial charge < -0.3 is 4.79 Å². The van der Waals surface area contributed by atoms with Crippen molar-refractivity contribution in [1.82, 2.24) is 9.78 Å². The molecule has 0 N–H and O–H groups in total. The van der Waals surface area contributed by atoms with Crippen LogP contribution in [0.25, 0.3) is 5.69 Å². The first-order chi connectivity index (χ1) is 7.81. The molecule has 0 fully saturated rings. The van der Waals surface area contributed by atoms with Gasteiger partial charge in [-0.2, -0.15) is 5.10 Å². The number of benzene rings is 1. The van der Waals surface area contributed by atoms with E-state index in [1.807, 2.05) is 48.0 Å². The predicted molar refractivity (Wildman–Crippen MR) is 62.5 cm³/mol. The highest BCUT2D eigenvalue weighted by Crippen LogP contribution is 2.12. The van der Waals surface area contributed by atoms with Gasteiger partial charge in [-0.05, 0) is 24.6 Å². The fourth-order valence-corrected chi connectivity index (χ4v) is 1.66. The summed E-state index contributed by atoms with van der Waals surface area (Å²) in [7, 11) is 0. The van der Waals surface area contributed by atoms with Crippen LogP contribution < -0.4 is 0 Å². The van der Waals surface area contributed by atoms with E-state index < -0.39 is 0 Å². The van der Waals surface area contributed by atoms with Gasteiger partial charge in [0.15, 0.2) is 0 Å². The molecule has 1 atom stereocenters. The minimum atomic E-state index is 0.0270. The first-order valence-electron chi connectivity index (χ1n) is 5.35. The van der Waals surface area contributed by atoms with Crippen LogP contribution in [0.3, 0.4) is 0 Å². The maximum absolute atomic E-state index is 10.6. The van der Waals surface area contributed by atoms with Gasteiger partial charge in [0.05, 0.1) is 5.69 Å². The summed E-state index contributed by atoms with van der Waals surface area (Å²) in [4.78, 5) is 10.6. The monoisotopic (exact) mass is 214 g/mol. The van der Waals surface area contributed by atoms with Crippen molar-refractivity contribution in [3.8, 4) is 5.69 Å². The van der Waals surface area contributed by atoms with E-state index in [2.05, 4.69) is 5.10 Å². The second kappa shape index (κ2) is 4.75. The lowest BCUT2D eigenvalue weighted by atomic mass is 10.1. The Morgan fingerprint density at radius 2 is 2.06 bits per heavy atom. The van der Waals surface area contributed by atoms with Gasteiger partial charge in [-0.1, -0.05) is 25.1 Å². The first kappa shape index (κ1) is 10.6. The molecule has 16 heavy (non-hydrogen) atoms. The summed E-state index contributed by atoms with van der Waals surface area (Å²) in [6.07, 6.45) is 3.46. The Bertz CT molecular complexity index is 462. The number of carbonyl (C=O) groups excluding carboxylic acids is 1. The van der Waals surface area contributed by atoms with Crippen LogP contribution in [-0.2, 0) is 11.2 Å². The van der Waals surface area contributed by atoms with Crippen molar-refractivity contribution in [3.63, 3.8) is 0 Å². The molecule has 0 saturated carbocycles. The van der Waals surface area contributed by atoms with E-state index in [0.29, 0.717) is 0 Å². The van der Waals surface area contributed by atoms with Gasteiger partial charge in [0.25, 0.3) is 0 Å². The predicted octanol–water partition coefficient (Wildman–Crippen LogP) is 2.25. The van der Waals surface area contributed by atoms with Crippen molar-refractivity contribution in [2.24, 2.45) is 5.92 Å². The number of carbonyl (C=O) groups is 1. The number of hydrogen-bond donors (Lipinski definition) is 0. The maximum Gasteiger partial charge on any atom is 0.123 e. The highest BCUT2D eigenvalue weighted by atomic mass is 16.1. The largest absolute Gasteiger partial charge is 0.303 e. The van der Waals surface area contributed by atoms with Gasteiger partial charge in [-0.3, -0.25) is 0 Å². The topological polar surface area (TPSA) is 34.9 Å². The Balaban J connectivity index is 2.29. The van der Waals surface area contributed by atoms with Crippen molar-refractivity contribution in [2.75, 3.05) is 0 Å². The molecule has 3 nitrogen and oxygen atoms in total. The highest BCUT2D eigenvalue weighted by Gasteiger charge is 2.08. The minimum absolute atomic E-state index is 0.0270. The van der Waals surface area contributed by atoms with Crippen LogP contribution in [0, 0.1) is 5.92 Å². The average molecular weight is 214 g/mol. The van der Waals surface area contributed by atoms with Crippen LogP contribution in [-0.4, -0.2) is 16.1 Å². The van der Waals surface area contributed by atoms with Gasteiger partial charge in [0.1, 0.15) is 6.29 Å². The summed E-state index contributed by atoms with van der Waals surface area (Å²) < 4.78 is 1.88. The van der Waals surface area contributed by atoms with Crippen LogP contribution in [0.2, 0.25) is 0 Å². The molecule has 1 heterocycles. The lowest BCUT2D eigenvalue weighted by molar-refractivity contribution is -0.110. The molecule has 0 spiro atoms. The van der Waals surface area contributed by atoms with Gasteiger partial charge in [-0.15, -0.1) is 0 Å². The Morgan fingerprint density at radius 1 is 1.31 bits per heavy atom. The molecule has 0 aliphatic rings. The van der Waals surface area contributed by atoms with E-state index in [0.717, 1.165) is 24.1 Å². The zero-order valence-corrected chi connectivity index (χ0v) is 9.21. The molecule has 0 bridgehead atoms. The Kier molecular flexibility index (Phi) is 3.15. The fourth-order valence-electron chi connectivity index (χ4n) is 1.66. The number of rotatable bonds is 4. The van der Waals surface area contributed by atoms with Crippen LogP contribution in [0.5, 0.6) is 0 Å². The van der Waals surface area contributed by atoms with Crippen LogP contribution >= 0.6 is 0 Å². The lowest BCUT2D eigenvalue weighted by Crippen LogP contribution is -2.07. The summed E-state index contributed by atoms with van der Waals surface area (Å²) in [5, 5.41) is 4.27. The number of aldehydes is 1.